The smallest absolute Gasteiger partial charge is 0.264 e. The second kappa shape index (κ2) is 14.1. The molecule has 0 heterocycles. The van der Waals surface area contributed by atoms with Crippen molar-refractivity contribution in [2.24, 2.45) is 0 Å². The summed E-state index contributed by atoms with van der Waals surface area (Å²) in [6.07, 6.45) is 0.303. The van der Waals surface area contributed by atoms with E-state index in [9.17, 15) is 18.0 Å². The highest BCUT2D eigenvalue weighted by molar-refractivity contribution is 7.92. The van der Waals surface area contributed by atoms with Crippen LogP contribution in [0.4, 0.5) is 5.69 Å². The molecule has 0 aliphatic carbocycles. The van der Waals surface area contributed by atoms with Crippen LogP contribution in [0.1, 0.15) is 37.0 Å². The lowest BCUT2D eigenvalue weighted by Gasteiger charge is -2.33. The van der Waals surface area contributed by atoms with Gasteiger partial charge >= 0.3 is 0 Å². The molecule has 0 saturated carbocycles. The Labute approximate surface area is 252 Å². The molecule has 11 heteroatoms. The molecule has 0 saturated heterocycles. The van der Waals surface area contributed by atoms with E-state index in [0.29, 0.717) is 28.6 Å². The maximum absolute atomic E-state index is 14.1. The first-order valence-electron chi connectivity index (χ1n) is 13.2. The number of carbonyl (C=O) groups excluding carboxylic acids is 2. The van der Waals surface area contributed by atoms with Crippen molar-refractivity contribution in [2.75, 3.05) is 24.5 Å². The first kappa shape index (κ1) is 32.2. The van der Waals surface area contributed by atoms with E-state index < -0.39 is 28.5 Å². The topological polar surface area (TPSA) is 96.0 Å². The zero-order valence-electron chi connectivity index (χ0n) is 23.8. The first-order chi connectivity index (χ1) is 19.4. The molecule has 3 rings (SSSR count). The molecule has 41 heavy (non-hydrogen) atoms. The Morgan fingerprint density at radius 1 is 0.927 bits per heavy atom. The minimum absolute atomic E-state index is 0.00867. The molecule has 3 aromatic carbocycles. The van der Waals surface area contributed by atoms with Crippen molar-refractivity contribution in [3.05, 3.63) is 87.4 Å². The van der Waals surface area contributed by atoms with Gasteiger partial charge in [0, 0.05) is 13.1 Å². The van der Waals surface area contributed by atoms with Gasteiger partial charge < -0.3 is 15.0 Å². The van der Waals surface area contributed by atoms with Crippen molar-refractivity contribution in [1.82, 2.24) is 10.2 Å². The normalized spacial score (nSPS) is 12.0. The first-order valence-corrected chi connectivity index (χ1v) is 15.4. The summed E-state index contributed by atoms with van der Waals surface area (Å²) in [4.78, 5) is 28.6. The van der Waals surface area contributed by atoms with E-state index in [1.54, 1.807) is 62.4 Å². The molecule has 1 atom stereocenters. The molecule has 0 bridgehead atoms. The van der Waals surface area contributed by atoms with Crippen LogP contribution in [0.2, 0.25) is 10.0 Å². The van der Waals surface area contributed by atoms with E-state index in [4.69, 9.17) is 27.9 Å². The van der Waals surface area contributed by atoms with Crippen molar-refractivity contribution < 1.29 is 22.7 Å². The van der Waals surface area contributed by atoms with Crippen molar-refractivity contribution in [1.29, 1.82) is 0 Å². The van der Waals surface area contributed by atoms with Crippen LogP contribution >= 0.6 is 23.2 Å². The van der Waals surface area contributed by atoms with Gasteiger partial charge in [-0.05, 0) is 74.7 Å². The van der Waals surface area contributed by atoms with E-state index in [-0.39, 0.29) is 28.8 Å². The van der Waals surface area contributed by atoms with E-state index in [1.807, 2.05) is 13.8 Å². The van der Waals surface area contributed by atoms with Gasteiger partial charge in [-0.1, -0.05) is 60.0 Å². The number of hydrogen-bond acceptors (Lipinski definition) is 5. The second-order valence-corrected chi connectivity index (χ2v) is 12.3. The van der Waals surface area contributed by atoms with Crippen LogP contribution in [0.3, 0.4) is 0 Å². The van der Waals surface area contributed by atoms with Crippen molar-refractivity contribution in [3.8, 4) is 5.75 Å². The van der Waals surface area contributed by atoms with Crippen LogP contribution < -0.4 is 14.4 Å². The second-order valence-electron chi connectivity index (χ2n) is 9.59. The molecule has 1 N–H and O–H groups in total. The van der Waals surface area contributed by atoms with Crippen LogP contribution in [0.15, 0.2) is 65.6 Å². The van der Waals surface area contributed by atoms with Crippen LogP contribution in [0.25, 0.3) is 0 Å². The molecule has 0 spiro atoms. The molecule has 2 amide bonds. The van der Waals surface area contributed by atoms with Crippen molar-refractivity contribution in [3.63, 3.8) is 0 Å². The highest BCUT2D eigenvalue weighted by atomic mass is 35.5. The summed E-state index contributed by atoms with van der Waals surface area (Å²) in [6, 6.07) is 15.6. The summed E-state index contributed by atoms with van der Waals surface area (Å²) in [5.41, 5.74) is 2.51. The number of likely N-dealkylation sites (N-methyl/N-ethyl adjacent to an activating group) is 1. The Hall–Kier alpha value is -3.27. The molecule has 0 aliphatic rings. The van der Waals surface area contributed by atoms with Crippen LogP contribution in [-0.2, 0) is 26.2 Å². The summed E-state index contributed by atoms with van der Waals surface area (Å²) >= 11 is 12.3. The number of aryl methyl sites for hydroxylation is 2. The minimum Gasteiger partial charge on any atom is -0.495 e. The molecule has 8 nitrogen and oxygen atoms in total. The molecule has 0 fully saturated rings. The van der Waals surface area contributed by atoms with E-state index in [1.165, 1.54) is 24.1 Å². The molecular weight excluding hydrogens is 585 g/mol. The average Bonchev–Trinajstić information content (AvgIpc) is 2.93. The summed E-state index contributed by atoms with van der Waals surface area (Å²) in [6.45, 7) is 7.06. The number of sulfonamides is 1. The number of rotatable bonds is 12. The third-order valence-electron chi connectivity index (χ3n) is 6.56. The Balaban J connectivity index is 2.14. The summed E-state index contributed by atoms with van der Waals surface area (Å²) in [7, 11) is -2.79. The fraction of sp³-hybridized carbons (Fsp3) is 0.333. The third-order valence-corrected chi connectivity index (χ3v) is 9.08. The molecule has 3 aromatic rings. The highest BCUT2D eigenvalue weighted by Gasteiger charge is 2.34. The van der Waals surface area contributed by atoms with E-state index >= 15 is 0 Å². The SMILES string of the molecule is CCNC(=O)[C@H](CC)N(Cc1ccc(Cl)c(Cl)c1)C(=O)CN(c1cc(C)ccc1OC)S(=O)(=O)c1ccc(C)cc1. The van der Waals surface area contributed by atoms with Gasteiger partial charge in [0.15, 0.2) is 0 Å². The number of anilines is 1. The highest BCUT2D eigenvalue weighted by Crippen LogP contribution is 2.34. The predicted molar refractivity (Wildman–Crippen MR) is 163 cm³/mol. The van der Waals surface area contributed by atoms with Crippen LogP contribution in [0.5, 0.6) is 5.75 Å². The minimum atomic E-state index is -4.23. The van der Waals surface area contributed by atoms with Gasteiger partial charge in [-0.15, -0.1) is 0 Å². The largest absolute Gasteiger partial charge is 0.495 e. The molecular formula is C30H35Cl2N3O5S. The number of nitrogens with zero attached hydrogens (tertiary/aromatic N) is 2. The lowest BCUT2D eigenvalue weighted by Crippen LogP contribution is -2.52. The number of benzene rings is 3. The standard InChI is InChI=1S/C30H35Cl2N3O5S/c1-6-26(30(37)33-7-2)34(18-22-11-14-24(31)25(32)17-22)29(36)19-35(27-16-21(4)10-15-28(27)40-5)41(38,39)23-12-8-20(3)9-13-23/h8-17,26H,6-7,18-19H2,1-5H3,(H,33,37)/t26-/m0/s1. The van der Waals surface area contributed by atoms with Gasteiger partial charge in [-0.3, -0.25) is 13.9 Å². The molecule has 220 valence electrons. The number of ether oxygens (including phenoxy) is 1. The number of hydrogen-bond donors (Lipinski definition) is 1. The van der Waals surface area contributed by atoms with Gasteiger partial charge in [0.1, 0.15) is 18.3 Å². The van der Waals surface area contributed by atoms with Gasteiger partial charge in [-0.2, -0.15) is 0 Å². The Morgan fingerprint density at radius 2 is 1.59 bits per heavy atom. The monoisotopic (exact) mass is 619 g/mol. The fourth-order valence-corrected chi connectivity index (χ4v) is 6.13. The van der Waals surface area contributed by atoms with Crippen LogP contribution in [0, 0.1) is 13.8 Å². The molecule has 0 radical (unpaired) electrons. The number of amides is 2. The number of methoxy groups -OCH3 is 1. The zero-order chi connectivity index (χ0) is 30.3. The third kappa shape index (κ3) is 7.72. The van der Waals surface area contributed by atoms with Crippen molar-refractivity contribution in [2.45, 2.75) is 51.6 Å². The zero-order valence-corrected chi connectivity index (χ0v) is 26.1. The maximum atomic E-state index is 14.1. The van der Waals surface area contributed by atoms with Gasteiger partial charge in [-0.25, -0.2) is 8.42 Å². The molecule has 0 unspecified atom stereocenters. The Bertz CT molecular complexity index is 1500. The van der Waals surface area contributed by atoms with Gasteiger partial charge in [0.05, 0.1) is 27.7 Å². The van der Waals surface area contributed by atoms with Gasteiger partial charge in [0.25, 0.3) is 10.0 Å². The van der Waals surface area contributed by atoms with E-state index in [0.717, 1.165) is 15.4 Å². The maximum Gasteiger partial charge on any atom is 0.264 e. The quantitative estimate of drug-likeness (QED) is 0.278. The lowest BCUT2D eigenvalue weighted by atomic mass is 10.1. The number of halogens is 2. The Kier molecular flexibility index (Phi) is 11.1. The Morgan fingerprint density at radius 3 is 2.17 bits per heavy atom. The van der Waals surface area contributed by atoms with Crippen molar-refractivity contribution >= 4 is 50.7 Å². The predicted octanol–water partition coefficient (Wildman–Crippen LogP) is 5.76. The van der Waals surface area contributed by atoms with Gasteiger partial charge in [0.2, 0.25) is 11.8 Å². The van der Waals surface area contributed by atoms with E-state index in [2.05, 4.69) is 5.32 Å². The number of nitrogens with one attached hydrogen (secondary N) is 1. The van der Waals surface area contributed by atoms with Crippen LogP contribution in [-0.4, -0.2) is 51.4 Å². The summed E-state index contributed by atoms with van der Waals surface area (Å²) in [5, 5.41) is 3.43. The summed E-state index contributed by atoms with van der Waals surface area (Å²) < 4.78 is 34.7. The summed E-state index contributed by atoms with van der Waals surface area (Å²) in [5.74, 6) is -0.635. The molecule has 0 aliphatic heterocycles. The number of carbonyl (C=O) groups is 2. The molecule has 0 aromatic heterocycles. The fourth-order valence-electron chi connectivity index (χ4n) is 4.39. The lowest BCUT2D eigenvalue weighted by molar-refractivity contribution is -0.140. The average molecular weight is 621 g/mol.